The first-order valence-electron chi connectivity index (χ1n) is 17.5. The van der Waals surface area contributed by atoms with Crippen molar-refractivity contribution in [3.63, 3.8) is 0 Å². The lowest BCUT2D eigenvalue weighted by atomic mass is 9.86. The van der Waals surface area contributed by atoms with Crippen LogP contribution >= 0.6 is 0 Å². The lowest BCUT2D eigenvalue weighted by Gasteiger charge is -2.31. The van der Waals surface area contributed by atoms with Crippen LogP contribution in [-0.2, 0) is 11.3 Å². The van der Waals surface area contributed by atoms with Gasteiger partial charge in [-0.1, -0.05) is 59.2 Å². The third-order valence-corrected chi connectivity index (χ3v) is 9.00. The maximum absolute atomic E-state index is 11.9. The Kier molecular flexibility index (Phi) is 12.6. The molecule has 8 heteroatoms. The molecule has 2 N–H and O–H groups in total. The molecule has 1 aromatic heterocycles. The molecule has 0 saturated heterocycles. The summed E-state index contributed by atoms with van der Waals surface area (Å²) in [6, 6.07) is 20.1. The zero-order chi connectivity index (χ0) is 35.7. The number of hydrogen-bond acceptors (Lipinski definition) is 6. The third kappa shape index (κ3) is 7.96. The number of methoxy groups -OCH3 is 2. The second-order valence-corrected chi connectivity index (χ2v) is 12.6. The van der Waals surface area contributed by atoms with E-state index >= 15 is 0 Å². The van der Waals surface area contributed by atoms with Crippen LogP contribution in [0.2, 0.25) is 0 Å². The first kappa shape index (κ1) is 37.1. The Morgan fingerprint density at radius 3 is 2.29 bits per heavy atom. The minimum absolute atomic E-state index is 0.369. The van der Waals surface area contributed by atoms with Crippen molar-refractivity contribution < 1.29 is 19.0 Å². The fraction of sp³-hybridized carbons (Fsp3) is 0.415. The number of amidine groups is 1. The summed E-state index contributed by atoms with van der Waals surface area (Å²) in [6.45, 7) is 18.5. The number of carbonyl (C=O) groups is 1. The third-order valence-electron chi connectivity index (χ3n) is 9.00. The molecule has 1 aliphatic heterocycles. The van der Waals surface area contributed by atoms with Crippen molar-refractivity contribution >= 4 is 34.1 Å². The second kappa shape index (κ2) is 16.6. The number of rotatable bonds is 12. The minimum atomic E-state index is -0.581. The molecular formula is C41H54N4O4. The van der Waals surface area contributed by atoms with Crippen LogP contribution in [0.5, 0.6) is 11.5 Å². The van der Waals surface area contributed by atoms with Gasteiger partial charge in [-0.2, -0.15) is 0 Å². The number of ether oxygens (including phenoxy) is 3. The summed E-state index contributed by atoms with van der Waals surface area (Å²) in [7, 11) is 4.83. The SMILES string of the molecule is C=C(NC(C)(C)C(=NC)Nc1ccc(C(=O)OC)cc1)c1ccc2c(C(CCC)CCC)c3n(c2c1)CCOc1cc(OC)ccc1-3.CC. The summed E-state index contributed by atoms with van der Waals surface area (Å²) >= 11 is 0. The van der Waals surface area contributed by atoms with Crippen molar-refractivity contribution in [1.29, 1.82) is 0 Å². The number of hydrogen-bond donors (Lipinski definition) is 2. The number of carbonyl (C=O) groups excluding carboxylic acids is 1. The highest BCUT2D eigenvalue weighted by atomic mass is 16.5. The van der Waals surface area contributed by atoms with E-state index in [9.17, 15) is 4.79 Å². The van der Waals surface area contributed by atoms with Gasteiger partial charge in [-0.3, -0.25) is 4.99 Å². The second-order valence-electron chi connectivity index (χ2n) is 12.6. The van der Waals surface area contributed by atoms with Crippen molar-refractivity contribution in [2.75, 3.05) is 33.2 Å². The average Bonchev–Trinajstić information content (AvgIpc) is 3.31. The molecule has 0 unspecified atom stereocenters. The van der Waals surface area contributed by atoms with E-state index in [0.29, 0.717) is 18.1 Å². The number of anilines is 1. The van der Waals surface area contributed by atoms with Crippen molar-refractivity contribution in [3.8, 4) is 22.8 Å². The van der Waals surface area contributed by atoms with E-state index in [1.54, 1.807) is 26.3 Å². The van der Waals surface area contributed by atoms with Crippen LogP contribution in [0.3, 0.4) is 0 Å². The van der Waals surface area contributed by atoms with E-state index in [4.69, 9.17) is 14.2 Å². The summed E-state index contributed by atoms with van der Waals surface area (Å²) in [5.41, 5.74) is 7.50. The Morgan fingerprint density at radius 2 is 1.67 bits per heavy atom. The van der Waals surface area contributed by atoms with Gasteiger partial charge in [-0.25, -0.2) is 4.79 Å². The molecule has 0 radical (unpaired) electrons. The van der Waals surface area contributed by atoms with E-state index in [2.05, 4.69) is 78.7 Å². The monoisotopic (exact) mass is 666 g/mol. The molecule has 5 rings (SSSR count). The maximum atomic E-state index is 11.9. The van der Waals surface area contributed by atoms with Crippen LogP contribution < -0.4 is 20.1 Å². The van der Waals surface area contributed by atoms with Crippen LogP contribution in [0.4, 0.5) is 5.69 Å². The number of esters is 1. The normalized spacial score (nSPS) is 12.6. The van der Waals surface area contributed by atoms with E-state index < -0.39 is 5.54 Å². The molecule has 0 atom stereocenters. The molecule has 0 bridgehead atoms. The van der Waals surface area contributed by atoms with Gasteiger partial charge in [0.15, 0.2) is 0 Å². The Balaban J connectivity index is 0.00000265. The standard InChI is InChI=1S/C39H48N4O4.C2H6/c1-9-11-26(12-10-2)35-31-19-15-28(23-33(31)43-21-22-47-34-24-30(45-7)18-20-32(34)36(35)43)25(3)42-39(4,5)38(40-6)41-29-16-13-27(14-17-29)37(44)46-8;1-2/h13-20,23-24,26,42H,3,9-12,21-22H2,1-2,4-8H3,(H,40,41);1-2H3. The van der Waals surface area contributed by atoms with Gasteiger partial charge >= 0.3 is 5.97 Å². The van der Waals surface area contributed by atoms with Gasteiger partial charge in [0.2, 0.25) is 0 Å². The molecule has 2 heterocycles. The number of aromatic nitrogens is 1. The van der Waals surface area contributed by atoms with Gasteiger partial charge in [-0.15, -0.1) is 0 Å². The van der Waals surface area contributed by atoms with Crippen LogP contribution in [0.15, 0.2) is 72.2 Å². The maximum Gasteiger partial charge on any atom is 0.337 e. The van der Waals surface area contributed by atoms with Crippen LogP contribution in [0, 0.1) is 0 Å². The summed E-state index contributed by atoms with van der Waals surface area (Å²) in [5, 5.41) is 8.33. The topological polar surface area (TPSA) is 86.1 Å². The molecule has 8 nitrogen and oxygen atoms in total. The lowest BCUT2D eigenvalue weighted by Crippen LogP contribution is -2.48. The first-order valence-corrected chi connectivity index (χ1v) is 17.5. The van der Waals surface area contributed by atoms with E-state index in [0.717, 1.165) is 72.1 Å². The van der Waals surface area contributed by atoms with Gasteiger partial charge in [-0.05, 0) is 86.2 Å². The van der Waals surface area contributed by atoms with Crippen LogP contribution in [-0.4, -0.2) is 49.8 Å². The smallest absolute Gasteiger partial charge is 0.337 e. The summed E-state index contributed by atoms with van der Waals surface area (Å²) < 4.78 is 19.1. The number of fused-ring (bicyclic) bond motifs is 5. The van der Waals surface area contributed by atoms with Gasteiger partial charge in [0.25, 0.3) is 0 Å². The molecular weight excluding hydrogens is 612 g/mol. The predicted octanol–water partition coefficient (Wildman–Crippen LogP) is 9.69. The quantitative estimate of drug-likeness (QED) is 0.0890. The molecule has 0 saturated carbocycles. The van der Waals surface area contributed by atoms with Gasteiger partial charge in [0.05, 0.1) is 37.6 Å². The van der Waals surface area contributed by atoms with Crippen molar-refractivity contribution in [1.82, 2.24) is 9.88 Å². The highest BCUT2D eigenvalue weighted by Crippen LogP contribution is 2.46. The molecule has 49 heavy (non-hydrogen) atoms. The fourth-order valence-electron chi connectivity index (χ4n) is 6.77. The molecule has 4 aromatic rings. The van der Waals surface area contributed by atoms with Crippen molar-refractivity contribution in [3.05, 3.63) is 83.9 Å². The molecule has 0 fully saturated rings. The van der Waals surface area contributed by atoms with Crippen molar-refractivity contribution in [2.24, 2.45) is 4.99 Å². The molecule has 0 aliphatic carbocycles. The highest BCUT2D eigenvalue weighted by Gasteiger charge is 2.30. The molecule has 262 valence electrons. The highest BCUT2D eigenvalue weighted by molar-refractivity contribution is 6.03. The Bertz CT molecular complexity index is 1780. The fourth-order valence-corrected chi connectivity index (χ4v) is 6.77. The summed E-state index contributed by atoms with van der Waals surface area (Å²) in [6.07, 6.45) is 4.52. The number of benzene rings is 3. The van der Waals surface area contributed by atoms with Gasteiger partial charge in [0.1, 0.15) is 23.9 Å². The van der Waals surface area contributed by atoms with E-state index in [-0.39, 0.29) is 5.97 Å². The first-order chi connectivity index (χ1) is 23.6. The predicted molar refractivity (Wildman–Crippen MR) is 204 cm³/mol. The van der Waals surface area contributed by atoms with Crippen molar-refractivity contribution in [2.45, 2.75) is 85.2 Å². The molecule has 0 amide bonds. The number of nitrogens with zero attached hydrogens (tertiary/aromatic N) is 2. The van der Waals surface area contributed by atoms with Gasteiger partial charge < -0.3 is 29.4 Å². The van der Waals surface area contributed by atoms with Crippen LogP contribution in [0.25, 0.3) is 27.9 Å². The Hall–Kier alpha value is -4.72. The zero-order valence-electron chi connectivity index (χ0n) is 30.8. The van der Waals surface area contributed by atoms with E-state index in [1.165, 1.54) is 29.3 Å². The molecule has 3 aromatic carbocycles. The number of aliphatic imine (C=N–C) groups is 1. The van der Waals surface area contributed by atoms with Crippen LogP contribution in [0.1, 0.15) is 94.6 Å². The Morgan fingerprint density at radius 1 is 1.00 bits per heavy atom. The zero-order valence-corrected chi connectivity index (χ0v) is 30.8. The lowest BCUT2D eigenvalue weighted by molar-refractivity contribution is 0.0600. The molecule has 0 spiro atoms. The van der Waals surface area contributed by atoms with E-state index in [1.807, 2.05) is 38.1 Å². The average molecular weight is 667 g/mol. The Labute approximate surface area is 292 Å². The van der Waals surface area contributed by atoms with Gasteiger partial charge in [0, 0.05) is 41.0 Å². The summed E-state index contributed by atoms with van der Waals surface area (Å²) in [5.74, 6) is 2.47. The number of nitrogens with one attached hydrogen (secondary N) is 2. The molecule has 1 aliphatic rings. The summed E-state index contributed by atoms with van der Waals surface area (Å²) in [4.78, 5) is 16.4. The largest absolute Gasteiger partial charge is 0.497 e. The minimum Gasteiger partial charge on any atom is -0.497 e.